The summed E-state index contributed by atoms with van der Waals surface area (Å²) in [4.78, 5) is 0. The van der Waals surface area contributed by atoms with Crippen molar-refractivity contribution in [3.8, 4) is 17.2 Å². The van der Waals surface area contributed by atoms with Gasteiger partial charge in [0.05, 0.1) is 11.8 Å². The van der Waals surface area contributed by atoms with Gasteiger partial charge in [-0.05, 0) is 36.4 Å². The van der Waals surface area contributed by atoms with E-state index in [4.69, 9.17) is 19.3 Å². The highest BCUT2D eigenvalue weighted by Crippen LogP contribution is 2.47. The molecule has 0 N–H and O–H groups in total. The number of para-hydroxylation sites is 1. The third kappa shape index (κ3) is 2.79. The minimum absolute atomic E-state index is 0.0198. The molecule has 0 bridgehead atoms. The lowest BCUT2D eigenvalue weighted by molar-refractivity contribution is -0.0192. The van der Waals surface area contributed by atoms with Crippen LogP contribution in [0.2, 0.25) is 0 Å². The minimum Gasteiger partial charge on any atom is -0.486 e. The summed E-state index contributed by atoms with van der Waals surface area (Å²) in [5.41, 5.74) is 3.76. The molecule has 3 heterocycles. The van der Waals surface area contributed by atoms with Crippen molar-refractivity contribution in [1.82, 2.24) is 5.01 Å². The lowest BCUT2D eigenvalue weighted by Gasteiger charge is -2.38. The van der Waals surface area contributed by atoms with E-state index in [2.05, 4.69) is 6.07 Å². The topological polar surface area (TPSA) is 43.3 Å². The highest BCUT2D eigenvalue weighted by Gasteiger charge is 2.41. The van der Waals surface area contributed by atoms with Gasteiger partial charge in [0, 0.05) is 23.1 Å². The molecule has 2 atom stereocenters. The molecule has 0 amide bonds. The molecule has 0 aliphatic carbocycles. The van der Waals surface area contributed by atoms with E-state index in [1.165, 1.54) is 12.1 Å². The molecular formula is C24H19FN2O3. The Balaban J connectivity index is 1.42. The summed E-state index contributed by atoms with van der Waals surface area (Å²) >= 11 is 0. The molecule has 0 unspecified atom stereocenters. The average molecular weight is 402 g/mol. The van der Waals surface area contributed by atoms with E-state index in [0.29, 0.717) is 13.2 Å². The van der Waals surface area contributed by atoms with E-state index in [9.17, 15) is 4.39 Å². The van der Waals surface area contributed by atoms with E-state index >= 15 is 0 Å². The number of hydrogen-bond acceptors (Lipinski definition) is 5. The van der Waals surface area contributed by atoms with Crippen LogP contribution in [0.4, 0.5) is 4.39 Å². The van der Waals surface area contributed by atoms with Gasteiger partial charge < -0.3 is 14.2 Å². The highest BCUT2D eigenvalue weighted by atomic mass is 19.1. The van der Waals surface area contributed by atoms with Crippen molar-refractivity contribution in [3.63, 3.8) is 0 Å². The van der Waals surface area contributed by atoms with Gasteiger partial charge in [0.1, 0.15) is 24.8 Å². The second-order valence-corrected chi connectivity index (χ2v) is 7.57. The fraction of sp³-hybridized carbons (Fsp3) is 0.208. The van der Waals surface area contributed by atoms with E-state index in [1.54, 1.807) is 6.07 Å². The Morgan fingerprint density at radius 2 is 1.73 bits per heavy atom. The second-order valence-electron chi connectivity index (χ2n) is 7.57. The summed E-state index contributed by atoms with van der Waals surface area (Å²) in [5, 5.41) is 6.87. The molecular weight excluding hydrogens is 383 g/mol. The molecule has 150 valence electrons. The van der Waals surface area contributed by atoms with Crippen LogP contribution in [0.3, 0.4) is 0 Å². The third-order valence-electron chi connectivity index (χ3n) is 5.71. The first-order valence-electron chi connectivity index (χ1n) is 10.0. The first kappa shape index (κ1) is 17.3. The predicted octanol–water partition coefficient (Wildman–Crippen LogP) is 4.84. The van der Waals surface area contributed by atoms with Crippen molar-refractivity contribution in [2.75, 3.05) is 13.2 Å². The van der Waals surface area contributed by atoms with Gasteiger partial charge in [0.25, 0.3) is 0 Å². The van der Waals surface area contributed by atoms with Crippen LogP contribution in [0.15, 0.2) is 71.8 Å². The minimum atomic E-state index is -0.490. The zero-order valence-corrected chi connectivity index (χ0v) is 16.1. The SMILES string of the molecule is Fc1cccc([C@H]2Oc3ccccc3[C@@H]3CC(c4ccc5c(c4)OCCO5)=NN23)c1. The first-order valence-corrected chi connectivity index (χ1v) is 10.0. The van der Waals surface area contributed by atoms with Gasteiger partial charge in [-0.3, -0.25) is 0 Å². The van der Waals surface area contributed by atoms with Crippen LogP contribution < -0.4 is 14.2 Å². The van der Waals surface area contributed by atoms with Crippen LogP contribution in [0, 0.1) is 5.82 Å². The number of ether oxygens (including phenoxy) is 3. The molecule has 0 radical (unpaired) electrons. The third-order valence-corrected chi connectivity index (χ3v) is 5.71. The number of rotatable bonds is 2. The van der Waals surface area contributed by atoms with Gasteiger partial charge in [-0.15, -0.1) is 0 Å². The Kier molecular flexibility index (Phi) is 3.91. The van der Waals surface area contributed by atoms with Gasteiger partial charge in [0.2, 0.25) is 6.23 Å². The van der Waals surface area contributed by atoms with Gasteiger partial charge in [-0.25, -0.2) is 9.40 Å². The molecule has 30 heavy (non-hydrogen) atoms. The maximum absolute atomic E-state index is 13.9. The van der Waals surface area contributed by atoms with E-state index < -0.39 is 6.23 Å². The Morgan fingerprint density at radius 3 is 2.63 bits per heavy atom. The Morgan fingerprint density at radius 1 is 0.867 bits per heavy atom. The number of halogens is 1. The molecule has 0 saturated carbocycles. The van der Waals surface area contributed by atoms with Gasteiger partial charge in [0.15, 0.2) is 11.5 Å². The lowest BCUT2D eigenvalue weighted by atomic mass is 9.95. The summed E-state index contributed by atoms with van der Waals surface area (Å²) in [5.74, 6) is 2.02. The summed E-state index contributed by atoms with van der Waals surface area (Å²) < 4.78 is 31.6. The smallest absolute Gasteiger partial charge is 0.213 e. The van der Waals surface area contributed by atoms with E-state index in [-0.39, 0.29) is 11.9 Å². The monoisotopic (exact) mass is 402 g/mol. The Hall–Kier alpha value is -3.54. The molecule has 0 fully saturated rings. The predicted molar refractivity (Wildman–Crippen MR) is 109 cm³/mol. The van der Waals surface area contributed by atoms with Crippen LogP contribution >= 0.6 is 0 Å². The average Bonchev–Trinajstić information content (AvgIpc) is 3.24. The fourth-order valence-corrected chi connectivity index (χ4v) is 4.31. The van der Waals surface area contributed by atoms with Crippen molar-refractivity contribution in [2.45, 2.75) is 18.7 Å². The normalized spacial score (nSPS) is 21.4. The lowest BCUT2D eigenvalue weighted by Crippen LogP contribution is -2.33. The Labute approximate surface area is 173 Å². The van der Waals surface area contributed by atoms with Crippen LogP contribution in [0.1, 0.15) is 35.4 Å². The van der Waals surface area contributed by atoms with Gasteiger partial charge in [-0.1, -0.05) is 30.3 Å². The molecule has 0 spiro atoms. The Bertz CT molecular complexity index is 1160. The highest BCUT2D eigenvalue weighted by molar-refractivity contribution is 6.02. The number of hydrazone groups is 1. The first-order chi connectivity index (χ1) is 14.8. The zero-order valence-electron chi connectivity index (χ0n) is 16.1. The number of fused-ring (bicyclic) bond motifs is 4. The summed E-state index contributed by atoms with van der Waals surface area (Å²) in [6, 6.07) is 20.4. The summed E-state index contributed by atoms with van der Waals surface area (Å²) in [6.07, 6.45) is 0.238. The summed E-state index contributed by atoms with van der Waals surface area (Å²) in [7, 11) is 0. The maximum Gasteiger partial charge on any atom is 0.213 e. The number of nitrogens with zero attached hydrogens (tertiary/aromatic N) is 2. The van der Waals surface area contributed by atoms with Crippen LogP contribution in [-0.2, 0) is 0 Å². The van der Waals surface area contributed by atoms with E-state index in [0.717, 1.165) is 46.1 Å². The summed E-state index contributed by atoms with van der Waals surface area (Å²) in [6.45, 7) is 1.10. The maximum atomic E-state index is 13.9. The van der Waals surface area contributed by atoms with E-state index in [1.807, 2.05) is 47.5 Å². The number of benzene rings is 3. The molecule has 5 nitrogen and oxygen atoms in total. The van der Waals surface area contributed by atoms with Crippen LogP contribution in [-0.4, -0.2) is 23.9 Å². The molecule has 3 aliphatic heterocycles. The van der Waals surface area contributed by atoms with Crippen molar-refractivity contribution < 1.29 is 18.6 Å². The second kappa shape index (κ2) is 6.76. The van der Waals surface area contributed by atoms with Crippen molar-refractivity contribution in [3.05, 3.63) is 89.2 Å². The molecule has 3 aromatic rings. The van der Waals surface area contributed by atoms with Crippen molar-refractivity contribution >= 4 is 5.71 Å². The zero-order chi connectivity index (χ0) is 20.1. The standard InChI is InChI=1S/C24H19FN2O3/c25-17-5-3-4-16(12-17)24-27-20(18-6-1-2-7-21(18)30-24)14-19(26-27)15-8-9-22-23(13-15)29-11-10-28-22/h1-9,12-13,20,24H,10-11,14H2/t20-,24+/m0/s1. The molecule has 6 heteroatoms. The van der Waals surface area contributed by atoms with Crippen molar-refractivity contribution in [1.29, 1.82) is 0 Å². The number of hydrogen-bond donors (Lipinski definition) is 0. The van der Waals surface area contributed by atoms with Gasteiger partial charge in [-0.2, -0.15) is 5.10 Å². The molecule has 0 saturated heterocycles. The molecule has 3 aliphatic rings. The fourth-order valence-electron chi connectivity index (χ4n) is 4.31. The van der Waals surface area contributed by atoms with Crippen molar-refractivity contribution in [2.24, 2.45) is 5.10 Å². The van der Waals surface area contributed by atoms with Crippen LogP contribution in [0.25, 0.3) is 0 Å². The van der Waals surface area contributed by atoms with Gasteiger partial charge >= 0.3 is 0 Å². The quantitative estimate of drug-likeness (QED) is 0.615. The van der Waals surface area contributed by atoms with Crippen LogP contribution in [0.5, 0.6) is 17.2 Å². The molecule has 6 rings (SSSR count). The molecule has 0 aromatic heterocycles. The molecule has 3 aromatic carbocycles. The largest absolute Gasteiger partial charge is 0.486 e.